The monoisotopic (exact) mass is 330 g/mol. The molecule has 126 valence electrons. The number of allylic oxidation sites excluding steroid dienone is 2. The number of hydrogen-bond acceptors (Lipinski definition) is 4. The van der Waals surface area contributed by atoms with Crippen LogP contribution in [0.3, 0.4) is 0 Å². The summed E-state index contributed by atoms with van der Waals surface area (Å²) >= 11 is 0. The highest BCUT2D eigenvalue weighted by molar-refractivity contribution is 5.96. The Labute approximate surface area is 138 Å². The molecule has 0 unspecified atom stereocenters. The molecule has 1 aliphatic heterocycles. The van der Waals surface area contributed by atoms with Gasteiger partial charge in [0.15, 0.2) is 0 Å². The third kappa shape index (κ3) is 3.24. The minimum atomic E-state index is -0.956. The molecular weight excluding hydrogens is 312 g/mol. The molecule has 0 bridgehead atoms. The van der Waals surface area contributed by atoms with Crippen LogP contribution >= 0.6 is 0 Å². The number of benzene rings is 1. The molecule has 2 aliphatic rings. The van der Waals surface area contributed by atoms with E-state index in [0.717, 1.165) is 0 Å². The highest BCUT2D eigenvalue weighted by atomic mass is 16.6. The molecule has 24 heavy (non-hydrogen) atoms. The van der Waals surface area contributed by atoms with E-state index in [4.69, 9.17) is 4.74 Å². The third-order valence-electron chi connectivity index (χ3n) is 4.29. The van der Waals surface area contributed by atoms with Gasteiger partial charge in [0.05, 0.1) is 18.4 Å². The summed E-state index contributed by atoms with van der Waals surface area (Å²) in [4.78, 5) is 36.7. The summed E-state index contributed by atoms with van der Waals surface area (Å²) in [5, 5.41) is 12.0. The van der Waals surface area contributed by atoms with Crippen molar-refractivity contribution in [2.45, 2.75) is 12.8 Å². The number of aliphatic carboxylic acids is 1. The van der Waals surface area contributed by atoms with Gasteiger partial charge in [0, 0.05) is 11.4 Å². The van der Waals surface area contributed by atoms with E-state index in [-0.39, 0.29) is 12.0 Å². The first kappa shape index (κ1) is 16.0. The Bertz CT molecular complexity index is 683. The molecule has 2 amide bonds. The maximum absolute atomic E-state index is 12.4. The van der Waals surface area contributed by atoms with Gasteiger partial charge in [-0.1, -0.05) is 12.2 Å². The molecule has 2 N–H and O–H groups in total. The van der Waals surface area contributed by atoms with Gasteiger partial charge in [-0.2, -0.15) is 0 Å². The van der Waals surface area contributed by atoms with Crippen LogP contribution in [-0.2, 0) is 14.3 Å². The van der Waals surface area contributed by atoms with Crippen molar-refractivity contribution in [1.29, 1.82) is 0 Å². The fourth-order valence-electron chi connectivity index (χ4n) is 2.96. The van der Waals surface area contributed by atoms with Crippen molar-refractivity contribution >= 4 is 29.3 Å². The molecule has 0 saturated carbocycles. The summed E-state index contributed by atoms with van der Waals surface area (Å²) in [5.41, 5.74) is 1.26. The van der Waals surface area contributed by atoms with E-state index in [0.29, 0.717) is 37.4 Å². The molecule has 1 aromatic rings. The van der Waals surface area contributed by atoms with E-state index in [9.17, 15) is 19.5 Å². The van der Waals surface area contributed by atoms with E-state index in [2.05, 4.69) is 5.32 Å². The molecular formula is C17H18N2O5. The lowest BCUT2D eigenvalue weighted by atomic mass is 9.82. The smallest absolute Gasteiger partial charge is 0.414 e. The number of cyclic esters (lactones) is 1. The second-order valence-electron chi connectivity index (χ2n) is 5.80. The first-order valence-electron chi connectivity index (χ1n) is 7.79. The Hall–Kier alpha value is -2.83. The number of nitrogens with one attached hydrogen (secondary N) is 1. The fraction of sp³-hybridized carbons (Fsp3) is 0.353. The van der Waals surface area contributed by atoms with Crippen LogP contribution in [0.5, 0.6) is 0 Å². The van der Waals surface area contributed by atoms with Gasteiger partial charge < -0.3 is 15.2 Å². The summed E-state index contributed by atoms with van der Waals surface area (Å²) in [6, 6.07) is 6.82. The van der Waals surface area contributed by atoms with Gasteiger partial charge in [-0.25, -0.2) is 4.79 Å². The molecule has 1 aromatic carbocycles. The minimum Gasteiger partial charge on any atom is -0.481 e. The molecule has 1 saturated heterocycles. The quantitative estimate of drug-likeness (QED) is 0.826. The van der Waals surface area contributed by atoms with Gasteiger partial charge >= 0.3 is 12.1 Å². The van der Waals surface area contributed by atoms with Crippen LogP contribution in [0.4, 0.5) is 16.2 Å². The van der Waals surface area contributed by atoms with Crippen molar-refractivity contribution in [2.24, 2.45) is 11.8 Å². The van der Waals surface area contributed by atoms with E-state index in [1.165, 1.54) is 4.90 Å². The Balaban J connectivity index is 1.67. The molecule has 7 heteroatoms. The van der Waals surface area contributed by atoms with Crippen LogP contribution in [0.25, 0.3) is 0 Å². The van der Waals surface area contributed by atoms with Crippen molar-refractivity contribution in [2.75, 3.05) is 23.4 Å². The van der Waals surface area contributed by atoms with Gasteiger partial charge in [0.1, 0.15) is 6.61 Å². The zero-order chi connectivity index (χ0) is 17.1. The topological polar surface area (TPSA) is 95.9 Å². The fourth-order valence-corrected chi connectivity index (χ4v) is 2.96. The first-order valence-corrected chi connectivity index (χ1v) is 7.79. The SMILES string of the molecule is O=C(O)[C@H]1CC=CC[C@H]1C(=O)Nc1ccc(N2CCOC2=O)cc1. The van der Waals surface area contributed by atoms with Crippen LogP contribution in [0, 0.1) is 11.8 Å². The Morgan fingerprint density at radius 1 is 1.12 bits per heavy atom. The van der Waals surface area contributed by atoms with Gasteiger partial charge in [0.25, 0.3) is 0 Å². The van der Waals surface area contributed by atoms with Gasteiger partial charge in [0.2, 0.25) is 5.91 Å². The highest BCUT2D eigenvalue weighted by Gasteiger charge is 2.34. The standard InChI is InChI=1S/C17H18N2O5/c20-15(13-3-1-2-4-14(13)16(21)22)18-11-5-7-12(8-6-11)19-9-10-24-17(19)23/h1-2,5-8,13-14H,3-4,9-10H2,(H,18,20)(H,21,22)/t13-,14+/m1/s1. The number of nitrogens with zero attached hydrogens (tertiary/aromatic N) is 1. The summed E-state index contributed by atoms with van der Waals surface area (Å²) in [6.07, 6.45) is 4.03. The molecule has 0 spiro atoms. The van der Waals surface area contributed by atoms with Crippen molar-refractivity contribution < 1.29 is 24.2 Å². The van der Waals surface area contributed by atoms with Crippen molar-refractivity contribution in [3.63, 3.8) is 0 Å². The van der Waals surface area contributed by atoms with Crippen molar-refractivity contribution in [3.8, 4) is 0 Å². The molecule has 3 rings (SSSR count). The van der Waals surface area contributed by atoms with Crippen LogP contribution in [-0.4, -0.2) is 36.2 Å². The predicted octanol–water partition coefficient (Wildman–Crippen LogP) is 2.25. The second-order valence-corrected chi connectivity index (χ2v) is 5.80. The average Bonchev–Trinajstić information content (AvgIpc) is 3.01. The van der Waals surface area contributed by atoms with E-state index >= 15 is 0 Å². The van der Waals surface area contributed by atoms with Crippen molar-refractivity contribution in [3.05, 3.63) is 36.4 Å². The van der Waals surface area contributed by atoms with Crippen molar-refractivity contribution in [1.82, 2.24) is 0 Å². The number of amides is 2. The maximum Gasteiger partial charge on any atom is 0.414 e. The molecule has 1 heterocycles. The predicted molar refractivity (Wildman–Crippen MR) is 86.8 cm³/mol. The molecule has 1 fully saturated rings. The van der Waals surface area contributed by atoms with Crippen LogP contribution in [0.1, 0.15) is 12.8 Å². The van der Waals surface area contributed by atoms with Crippen LogP contribution in [0.15, 0.2) is 36.4 Å². The zero-order valence-corrected chi connectivity index (χ0v) is 13.0. The number of ether oxygens (including phenoxy) is 1. The maximum atomic E-state index is 12.4. The number of carbonyl (C=O) groups excluding carboxylic acids is 2. The average molecular weight is 330 g/mol. The van der Waals surface area contributed by atoms with Gasteiger partial charge in [-0.05, 0) is 37.1 Å². The minimum absolute atomic E-state index is 0.305. The Kier molecular flexibility index (Phi) is 4.50. The Morgan fingerprint density at radius 2 is 1.79 bits per heavy atom. The molecule has 0 aromatic heterocycles. The number of carboxylic acid groups (broad SMARTS) is 1. The first-order chi connectivity index (χ1) is 11.6. The number of hydrogen-bond donors (Lipinski definition) is 2. The normalized spacial score (nSPS) is 23.0. The summed E-state index contributed by atoms with van der Waals surface area (Å²) in [7, 11) is 0. The van der Waals surface area contributed by atoms with Crippen LogP contribution in [0.2, 0.25) is 0 Å². The summed E-state index contributed by atoms with van der Waals surface area (Å²) in [6.45, 7) is 0.863. The van der Waals surface area contributed by atoms with Crippen LogP contribution < -0.4 is 10.2 Å². The zero-order valence-electron chi connectivity index (χ0n) is 13.0. The Morgan fingerprint density at radius 3 is 2.38 bits per heavy atom. The third-order valence-corrected chi connectivity index (χ3v) is 4.29. The highest BCUT2D eigenvalue weighted by Crippen LogP contribution is 2.28. The molecule has 2 atom stereocenters. The second kappa shape index (κ2) is 6.74. The largest absolute Gasteiger partial charge is 0.481 e. The molecule has 0 radical (unpaired) electrons. The molecule has 7 nitrogen and oxygen atoms in total. The lowest BCUT2D eigenvalue weighted by Crippen LogP contribution is -2.34. The number of carboxylic acids is 1. The van der Waals surface area contributed by atoms with E-state index in [1.54, 1.807) is 30.3 Å². The molecule has 1 aliphatic carbocycles. The van der Waals surface area contributed by atoms with Gasteiger partial charge in [-0.15, -0.1) is 0 Å². The summed E-state index contributed by atoms with van der Waals surface area (Å²) in [5.74, 6) is -2.54. The number of rotatable bonds is 4. The van der Waals surface area contributed by atoms with E-state index < -0.39 is 17.8 Å². The van der Waals surface area contributed by atoms with E-state index in [1.807, 2.05) is 6.08 Å². The number of anilines is 2. The van der Waals surface area contributed by atoms with Gasteiger partial charge in [-0.3, -0.25) is 14.5 Å². The lowest BCUT2D eigenvalue weighted by molar-refractivity contribution is -0.146. The summed E-state index contributed by atoms with van der Waals surface area (Å²) < 4.78 is 4.88. The lowest BCUT2D eigenvalue weighted by Gasteiger charge is -2.24. The number of carbonyl (C=O) groups is 3.